The fourth-order valence-corrected chi connectivity index (χ4v) is 2.89. The number of aromatic nitrogens is 2. The van der Waals surface area contributed by atoms with E-state index in [-0.39, 0.29) is 6.04 Å². The van der Waals surface area contributed by atoms with Crippen LogP contribution in [0.4, 0.5) is 0 Å². The molecule has 2 aromatic rings. The number of nitrogens with one attached hydrogen (secondary N) is 1. The molecule has 0 bridgehead atoms. The van der Waals surface area contributed by atoms with Crippen molar-refractivity contribution in [1.82, 2.24) is 14.9 Å². The summed E-state index contributed by atoms with van der Waals surface area (Å²) in [5.41, 5.74) is 1.21. The maximum atomic E-state index is 5.28. The molecule has 6 heteroatoms. The summed E-state index contributed by atoms with van der Waals surface area (Å²) in [6, 6.07) is 6.25. The first-order valence-corrected chi connectivity index (χ1v) is 7.64. The third-order valence-electron chi connectivity index (χ3n) is 2.85. The van der Waals surface area contributed by atoms with E-state index in [2.05, 4.69) is 43.8 Å². The minimum atomic E-state index is 0.230. The Kier molecular flexibility index (Phi) is 5.30. The highest BCUT2D eigenvalue weighted by Crippen LogP contribution is 2.28. The van der Waals surface area contributed by atoms with E-state index in [9.17, 15) is 0 Å². The molecule has 0 aliphatic rings. The van der Waals surface area contributed by atoms with Gasteiger partial charge < -0.3 is 10.1 Å². The summed E-state index contributed by atoms with van der Waals surface area (Å²) in [6.45, 7) is 3.01. The summed E-state index contributed by atoms with van der Waals surface area (Å²) >= 11 is 5.03. The molecule has 0 saturated heterocycles. The Morgan fingerprint density at radius 1 is 1.47 bits per heavy atom. The molecule has 0 aliphatic heterocycles. The predicted octanol–water partition coefficient (Wildman–Crippen LogP) is 3.20. The maximum Gasteiger partial charge on any atom is 0.119 e. The first-order valence-electron chi connectivity index (χ1n) is 6.07. The van der Waals surface area contributed by atoms with Crippen molar-refractivity contribution < 1.29 is 4.74 Å². The summed E-state index contributed by atoms with van der Waals surface area (Å²) in [4.78, 5) is 1.15. The Bertz CT molecular complexity index is 519. The van der Waals surface area contributed by atoms with Gasteiger partial charge in [-0.25, -0.2) is 0 Å². The highest BCUT2D eigenvalue weighted by molar-refractivity contribution is 9.10. The quantitative estimate of drug-likeness (QED) is 0.876. The standard InChI is InChI=1S/C13H16BrN3OS/c1-3-15-12(13-8-16-17-19-13)7-9-6-10(18-2)4-5-11(9)14/h4-6,8,12,15H,3,7H2,1-2H3. The second kappa shape index (κ2) is 6.98. The van der Waals surface area contributed by atoms with E-state index in [0.717, 1.165) is 28.1 Å². The van der Waals surface area contributed by atoms with Crippen molar-refractivity contribution in [1.29, 1.82) is 0 Å². The molecule has 4 nitrogen and oxygen atoms in total. The molecule has 1 atom stereocenters. The van der Waals surface area contributed by atoms with Gasteiger partial charge in [0.25, 0.3) is 0 Å². The summed E-state index contributed by atoms with van der Waals surface area (Å²) in [7, 11) is 1.68. The van der Waals surface area contributed by atoms with Crippen LogP contribution in [0.15, 0.2) is 28.9 Å². The van der Waals surface area contributed by atoms with Crippen molar-refractivity contribution in [3.63, 3.8) is 0 Å². The number of hydrogen-bond donors (Lipinski definition) is 1. The fourth-order valence-electron chi connectivity index (χ4n) is 1.90. The average molecular weight is 342 g/mol. The third-order valence-corrected chi connectivity index (χ3v) is 4.40. The van der Waals surface area contributed by atoms with E-state index in [0.29, 0.717) is 0 Å². The molecule has 2 rings (SSSR count). The lowest BCUT2D eigenvalue weighted by Gasteiger charge is -2.17. The number of nitrogens with zero attached hydrogens (tertiary/aromatic N) is 2. The van der Waals surface area contributed by atoms with Crippen molar-refractivity contribution in [3.8, 4) is 5.75 Å². The zero-order chi connectivity index (χ0) is 13.7. The van der Waals surface area contributed by atoms with Crippen LogP contribution in [-0.4, -0.2) is 23.2 Å². The van der Waals surface area contributed by atoms with Gasteiger partial charge in [0.2, 0.25) is 0 Å². The summed E-state index contributed by atoms with van der Waals surface area (Å²) < 4.78 is 10.3. The van der Waals surface area contributed by atoms with Gasteiger partial charge in [-0.3, -0.25) is 0 Å². The van der Waals surface area contributed by atoms with Gasteiger partial charge in [-0.05, 0) is 48.3 Å². The van der Waals surface area contributed by atoms with Gasteiger partial charge in [-0.15, -0.1) is 5.10 Å². The van der Waals surface area contributed by atoms with Crippen LogP contribution in [-0.2, 0) is 6.42 Å². The van der Waals surface area contributed by atoms with E-state index < -0.39 is 0 Å². The number of likely N-dealkylation sites (N-methyl/N-ethyl adjacent to an activating group) is 1. The molecule has 1 N–H and O–H groups in total. The Hall–Kier alpha value is -0.980. The molecule has 1 aromatic carbocycles. The second-order valence-corrected chi connectivity index (χ2v) is 5.76. The molecule has 0 aliphatic carbocycles. The molecule has 1 aromatic heterocycles. The molecular formula is C13H16BrN3OS. The molecule has 0 radical (unpaired) electrons. The molecule has 0 fully saturated rings. The molecule has 102 valence electrons. The molecule has 0 spiro atoms. The summed E-state index contributed by atoms with van der Waals surface area (Å²) in [5.74, 6) is 0.871. The molecule has 0 amide bonds. The molecular weight excluding hydrogens is 326 g/mol. The van der Waals surface area contributed by atoms with Crippen LogP contribution in [0.25, 0.3) is 0 Å². The normalized spacial score (nSPS) is 12.4. The first kappa shape index (κ1) is 14.4. The predicted molar refractivity (Wildman–Crippen MR) is 80.7 cm³/mol. The van der Waals surface area contributed by atoms with Crippen LogP contribution in [0, 0.1) is 0 Å². The van der Waals surface area contributed by atoms with Crippen LogP contribution in [0.3, 0.4) is 0 Å². The lowest BCUT2D eigenvalue weighted by atomic mass is 10.0. The van der Waals surface area contributed by atoms with Crippen LogP contribution < -0.4 is 10.1 Å². The summed E-state index contributed by atoms with van der Waals surface area (Å²) in [5, 5.41) is 7.38. The van der Waals surface area contributed by atoms with E-state index in [1.807, 2.05) is 18.3 Å². The zero-order valence-corrected chi connectivity index (χ0v) is 13.3. The smallest absolute Gasteiger partial charge is 0.119 e. The Morgan fingerprint density at radius 2 is 2.32 bits per heavy atom. The van der Waals surface area contributed by atoms with E-state index in [4.69, 9.17) is 4.74 Å². The van der Waals surface area contributed by atoms with Crippen molar-refractivity contribution >= 4 is 27.5 Å². The van der Waals surface area contributed by atoms with E-state index >= 15 is 0 Å². The monoisotopic (exact) mass is 341 g/mol. The average Bonchev–Trinajstić information content (AvgIpc) is 2.94. The van der Waals surface area contributed by atoms with E-state index in [1.165, 1.54) is 17.1 Å². The lowest BCUT2D eigenvalue weighted by molar-refractivity contribution is 0.413. The maximum absolute atomic E-state index is 5.28. The zero-order valence-electron chi connectivity index (χ0n) is 10.9. The van der Waals surface area contributed by atoms with Crippen molar-refractivity contribution in [3.05, 3.63) is 39.3 Å². The van der Waals surface area contributed by atoms with Gasteiger partial charge in [0.05, 0.1) is 18.2 Å². The number of ether oxygens (including phenoxy) is 1. The Morgan fingerprint density at radius 3 is 2.95 bits per heavy atom. The van der Waals surface area contributed by atoms with Gasteiger partial charge in [0.1, 0.15) is 5.75 Å². The van der Waals surface area contributed by atoms with Crippen LogP contribution in [0.1, 0.15) is 23.4 Å². The number of hydrogen-bond acceptors (Lipinski definition) is 5. The third kappa shape index (κ3) is 3.75. The van der Waals surface area contributed by atoms with Crippen molar-refractivity contribution in [2.24, 2.45) is 0 Å². The Balaban J connectivity index is 2.21. The van der Waals surface area contributed by atoms with Crippen LogP contribution in [0.5, 0.6) is 5.75 Å². The molecule has 1 unspecified atom stereocenters. The van der Waals surface area contributed by atoms with Crippen LogP contribution in [0.2, 0.25) is 0 Å². The molecule has 0 saturated carbocycles. The molecule has 19 heavy (non-hydrogen) atoms. The highest BCUT2D eigenvalue weighted by atomic mass is 79.9. The number of benzene rings is 1. The van der Waals surface area contributed by atoms with Gasteiger partial charge in [-0.2, -0.15) is 0 Å². The SMILES string of the molecule is CCNC(Cc1cc(OC)ccc1Br)c1cnns1. The molecule has 1 heterocycles. The van der Waals surface area contributed by atoms with Gasteiger partial charge in [0, 0.05) is 10.5 Å². The number of methoxy groups -OCH3 is 1. The topological polar surface area (TPSA) is 47.0 Å². The number of halogens is 1. The van der Waals surface area contributed by atoms with Gasteiger partial charge in [0.15, 0.2) is 0 Å². The first-order chi connectivity index (χ1) is 9.24. The second-order valence-electron chi connectivity index (χ2n) is 4.09. The summed E-state index contributed by atoms with van der Waals surface area (Å²) in [6.07, 6.45) is 2.70. The van der Waals surface area contributed by atoms with Crippen molar-refractivity contribution in [2.45, 2.75) is 19.4 Å². The minimum absolute atomic E-state index is 0.230. The fraction of sp³-hybridized carbons (Fsp3) is 0.385. The van der Waals surface area contributed by atoms with E-state index in [1.54, 1.807) is 7.11 Å². The largest absolute Gasteiger partial charge is 0.497 e. The minimum Gasteiger partial charge on any atom is -0.497 e. The van der Waals surface area contributed by atoms with Crippen LogP contribution >= 0.6 is 27.5 Å². The van der Waals surface area contributed by atoms with Gasteiger partial charge in [-0.1, -0.05) is 27.3 Å². The van der Waals surface area contributed by atoms with Crippen molar-refractivity contribution in [2.75, 3.05) is 13.7 Å². The lowest BCUT2D eigenvalue weighted by Crippen LogP contribution is -2.22. The van der Waals surface area contributed by atoms with Gasteiger partial charge >= 0.3 is 0 Å². The highest BCUT2D eigenvalue weighted by Gasteiger charge is 2.15. The number of rotatable bonds is 6. The Labute approximate surface area is 125 Å².